The molecule has 1 N–H and O–H groups in total. The van der Waals surface area contributed by atoms with Gasteiger partial charge >= 0.3 is 0 Å². The van der Waals surface area contributed by atoms with Crippen molar-refractivity contribution < 1.29 is 14.3 Å². The highest BCUT2D eigenvalue weighted by atomic mass is 32.1. The van der Waals surface area contributed by atoms with Crippen LogP contribution in [0.4, 0.5) is 5.13 Å². The van der Waals surface area contributed by atoms with Crippen LogP contribution in [-0.4, -0.2) is 34.8 Å². The summed E-state index contributed by atoms with van der Waals surface area (Å²) in [7, 11) is 0. The van der Waals surface area contributed by atoms with Crippen molar-refractivity contribution in [1.82, 2.24) is 9.88 Å². The molecule has 2 aromatic carbocycles. The summed E-state index contributed by atoms with van der Waals surface area (Å²) < 4.78 is 6.55. The lowest BCUT2D eigenvalue weighted by atomic mass is 9.81. The van der Waals surface area contributed by atoms with Crippen LogP contribution in [0.3, 0.4) is 0 Å². The molecular formula is C27H27N3O3S2. The van der Waals surface area contributed by atoms with Crippen LogP contribution in [0.5, 0.6) is 5.75 Å². The van der Waals surface area contributed by atoms with E-state index in [1.807, 2.05) is 71.8 Å². The number of fused-ring (bicyclic) bond motifs is 2. The quantitative estimate of drug-likeness (QED) is 0.318. The lowest BCUT2D eigenvalue weighted by molar-refractivity contribution is -0.119. The van der Waals surface area contributed by atoms with E-state index in [9.17, 15) is 9.59 Å². The van der Waals surface area contributed by atoms with E-state index in [-0.39, 0.29) is 23.8 Å². The maximum atomic E-state index is 13.9. The highest BCUT2D eigenvalue weighted by molar-refractivity contribution is 7.22. The number of nitrogens with one attached hydrogen (secondary N) is 1. The summed E-state index contributed by atoms with van der Waals surface area (Å²) in [5, 5.41) is 5.60. The van der Waals surface area contributed by atoms with Crippen molar-refractivity contribution in [3.63, 3.8) is 0 Å². The fraction of sp³-hybridized carbons (Fsp3) is 0.296. The molecule has 6 nitrogen and oxygen atoms in total. The molecule has 0 radical (unpaired) electrons. The van der Waals surface area contributed by atoms with Gasteiger partial charge in [-0.2, -0.15) is 0 Å². The SMILES string of the molecule is CCOc1ccc2nc(NC(=O)[C@H]3c4ccccc4C(=O)N(CC(C)C)[C@H]3c3cccs3)sc2c1. The minimum atomic E-state index is -0.549. The maximum Gasteiger partial charge on any atom is 0.254 e. The smallest absolute Gasteiger partial charge is 0.254 e. The molecule has 2 amide bonds. The van der Waals surface area contributed by atoms with Crippen LogP contribution in [0.15, 0.2) is 60.0 Å². The molecule has 2 aromatic heterocycles. The maximum absolute atomic E-state index is 13.9. The summed E-state index contributed by atoms with van der Waals surface area (Å²) in [5.41, 5.74) is 2.16. The van der Waals surface area contributed by atoms with Gasteiger partial charge in [-0.05, 0) is 54.1 Å². The fourth-order valence-corrected chi connectivity index (χ4v) is 6.42. The first-order valence-corrected chi connectivity index (χ1v) is 13.4. The van der Waals surface area contributed by atoms with Crippen LogP contribution in [0.25, 0.3) is 10.2 Å². The molecule has 0 spiro atoms. The Morgan fingerprint density at radius 3 is 2.74 bits per heavy atom. The first-order valence-electron chi connectivity index (χ1n) is 11.7. The van der Waals surface area contributed by atoms with E-state index in [4.69, 9.17) is 4.74 Å². The normalized spacial score (nSPS) is 17.6. The molecule has 4 aromatic rings. The summed E-state index contributed by atoms with van der Waals surface area (Å²) in [6.45, 7) is 7.28. The number of hydrogen-bond acceptors (Lipinski definition) is 6. The van der Waals surface area contributed by atoms with Gasteiger partial charge < -0.3 is 15.0 Å². The number of nitrogens with zero attached hydrogens (tertiary/aromatic N) is 2. The zero-order chi connectivity index (χ0) is 24.5. The van der Waals surface area contributed by atoms with Gasteiger partial charge in [-0.15, -0.1) is 11.3 Å². The predicted octanol–water partition coefficient (Wildman–Crippen LogP) is 6.33. The van der Waals surface area contributed by atoms with E-state index in [2.05, 4.69) is 24.1 Å². The molecule has 1 aliphatic rings. The summed E-state index contributed by atoms with van der Waals surface area (Å²) in [6.07, 6.45) is 0. The molecule has 0 saturated carbocycles. The van der Waals surface area contributed by atoms with Crippen LogP contribution < -0.4 is 10.1 Å². The number of anilines is 1. The standard InChI is InChI=1S/C27H27N3O3S2/c1-4-33-17-11-12-20-22(14-17)35-27(28-20)29-25(31)23-18-8-5-6-9-19(18)26(32)30(15-16(2)3)24(23)21-10-7-13-34-21/h5-14,16,23-24H,4,15H2,1-3H3,(H,28,29,31)/t23-,24-/m0/s1. The van der Waals surface area contributed by atoms with E-state index in [1.54, 1.807) is 11.3 Å². The van der Waals surface area contributed by atoms with Gasteiger partial charge in [-0.3, -0.25) is 9.59 Å². The molecule has 0 aliphatic carbocycles. The molecule has 0 saturated heterocycles. The Morgan fingerprint density at radius 2 is 2.00 bits per heavy atom. The Hall–Kier alpha value is -3.23. The van der Waals surface area contributed by atoms with Crippen LogP contribution >= 0.6 is 22.7 Å². The largest absolute Gasteiger partial charge is 0.494 e. The molecule has 0 bridgehead atoms. The average Bonchev–Trinajstić information content (AvgIpc) is 3.50. The minimum absolute atomic E-state index is 0.0276. The second kappa shape index (κ2) is 9.79. The lowest BCUT2D eigenvalue weighted by Gasteiger charge is -2.41. The Kier molecular flexibility index (Phi) is 6.58. The Balaban J connectivity index is 1.54. The van der Waals surface area contributed by atoms with E-state index >= 15 is 0 Å². The van der Waals surface area contributed by atoms with Gasteiger partial charge in [0.05, 0.1) is 28.8 Å². The number of carbonyl (C=O) groups excluding carboxylic acids is 2. The number of thiazole rings is 1. The summed E-state index contributed by atoms with van der Waals surface area (Å²) in [5.74, 6) is 0.302. The first-order chi connectivity index (χ1) is 17.0. The number of amides is 2. The minimum Gasteiger partial charge on any atom is -0.494 e. The highest BCUT2D eigenvalue weighted by Crippen LogP contribution is 2.45. The molecule has 1 aliphatic heterocycles. The van der Waals surface area contributed by atoms with Crippen molar-refractivity contribution in [2.45, 2.75) is 32.7 Å². The second-order valence-corrected chi connectivity index (χ2v) is 11.0. The fourth-order valence-electron chi connectivity index (χ4n) is 4.64. The number of ether oxygens (including phenoxy) is 1. The third-order valence-electron chi connectivity index (χ3n) is 6.02. The summed E-state index contributed by atoms with van der Waals surface area (Å²) >= 11 is 2.99. The lowest BCUT2D eigenvalue weighted by Crippen LogP contribution is -2.47. The van der Waals surface area contributed by atoms with Crippen LogP contribution in [0.2, 0.25) is 0 Å². The first kappa shape index (κ1) is 23.5. The molecular weight excluding hydrogens is 478 g/mol. The number of hydrogen-bond donors (Lipinski definition) is 1. The average molecular weight is 506 g/mol. The Bertz CT molecular complexity index is 1360. The van der Waals surface area contributed by atoms with E-state index in [0.717, 1.165) is 26.4 Å². The van der Waals surface area contributed by atoms with Crippen molar-refractivity contribution >= 4 is 49.8 Å². The number of carbonyl (C=O) groups is 2. The van der Waals surface area contributed by atoms with Crippen molar-refractivity contribution in [1.29, 1.82) is 0 Å². The predicted molar refractivity (Wildman–Crippen MR) is 142 cm³/mol. The Morgan fingerprint density at radius 1 is 1.17 bits per heavy atom. The number of benzene rings is 2. The van der Waals surface area contributed by atoms with Gasteiger partial charge in [0.25, 0.3) is 5.91 Å². The molecule has 8 heteroatoms. The zero-order valence-corrected chi connectivity index (χ0v) is 21.5. The van der Waals surface area contributed by atoms with Crippen LogP contribution in [0.1, 0.15) is 53.5 Å². The molecule has 5 rings (SSSR count). The van der Waals surface area contributed by atoms with E-state index in [0.29, 0.717) is 23.8 Å². The van der Waals surface area contributed by atoms with Crippen molar-refractivity contribution in [2.75, 3.05) is 18.5 Å². The Labute approximate surface area is 212 Å². The summed E-state index contributed by atoms with van der Waals surface area (Å²) in [4.78, 5) is 35.0. The van der Waals surface area contributed by atoms with Crippen LogP contribution in [-0.2, 0) is 4.79 Å². The number of aromatic nitrogens is 1. The molecule has 2 atom stereocenters. The molecule has 35 heavy (non-hydrogen) atoms. The van der Waals surface area contributed by atoms with Crippen molar-refractivity contribution in [3.05, 3.63) is 76.0 Å². The van der Waals surface area contributed by atoms with Crippen molar-refractivity contribution in [3.8, 4) is 5.75 Å². The van der Waals surface area contributed by atoms with E-state index < -0.39 is 5.92 Å². The molecule has 3 heterocycles. The van der Waals surface area contributed by atoms with Gasteiger partial charge in [0, 0.05) is 17.0 Å². The van der Waals surface area contributed by atoms with Gasteiger partial charge in [0.15, 0.2) is 5.13 Å². The van der Waals surface area contributed by atoms with Gasteiger partial charge in [0.1, 0.15) is 5.75 Å². The number of rotatable bonds is 7. The zero-order valence-electron chi connectivity index (χ0n) is 19.9. The van der Waals surface area contributed by atoms with Gasteiger partial charge in [0.2, 0.25) is 5.91 Å². The molecule has 180 valence electrons. The second-order valence-electron chi connectivity index (χ2n) is 8.95. The topological polar surface area (TPSA) is 71.5 Å². The molecule has 0 unspecified atom stereocenters. The van der Waals surface area contributed by atoms with Crippen LogP contribution in [0, 0.1) is 5.92 Å². The number of thiophene rings is 1. The highest BCUT2D eigenvalue weighted by Gasteiger charge is 2.44. The van der Waals surface area contributed by atoms with Gasteiger partial charge in [-0.1, -0.05) is 49.4 Å². The third kappa shape index (κ3) is 4.56. The molecule has 0 fully saturated rings. The van der Waals surface area contributed by atoms with Crippen molar-refractivity contribution in [2.24, 2.45) is 5.92 Å². The third-order valence-corrected chi connectivity index (χ3v) is 7.90. The monoisotopic (exact) mass is 505 g/mol. The summed E-state index contributed by atoms with van der Waals surface area (Å²) in [6, 6.07) is 16.8. The van der Waals surface area contributed by atoms with E-state index in [1.165, 1.54) is 11.3 Å². The van der Waals surface area contributed by atoms with Gasteiger partial charge in [-0.25, -0.2) is 4.98 Å².